The average Bonchev–Trinajstić information content (AvgIpc) is 3.11. The molecular formula is C15H13FN4. The molecule has 0 fully saturated rings. The minimum absolute atomic E-state index is 0.481. The number of aromatic nitrogens is 3. The molecular weight excluding hydrogens is 255 g/mol. The van der Waals surface area contributed by atoms with Crippen molar-refractivity contribution in [2.45, 2.75) is 13.1 Å². The van der Waals surface area contributed by atoms with Crippen molar-refractivity contribution >= 4 is 16.9 Å². The molecule has 0 saturated heterocycles. The maximum absolute atomic E-state index is 13.5. The Balaban J connectivity index is 1.93. The first-order valence-corrected chi connectivity index (χ1v) is 6.62. The lowest BCUT2D eigenvalue weighted by molar-refractivity contribution is 0.484. The van der Waals surface area contributed by atoms with Crippen LogP contribution < -0.4 is 5.32 Å². The molecule has 0 aliphatic carbocycles. The van der Waals surface area contributed by atoms with Crippen LogP contribution in [0.4, 0.5) is 10.1 Å². The highest BCUT2D eigenvalue weighted by atomic mass is 19.1. The molecule has 0 radical (unpaired) electrons. The van der Waals surface area contributed by atoms with Crippen molar-refractivity contribution in [1.29, 1.82) is 0 Å². The summed E-state index contributed by atoms with van der Waals surface area (Å²) in [6.07, 6.45) is 2.57. The molecule has 4 rings (SSSR count). The lowest BCUT2D eigenvalue weighted by atomic mass is 9.99. The number of hydrogen-bond donors (Lipinski definition) is 2. The van der Waals surface area contributed by atoms with E-state index in [9.17, 15) is 4.39 Å². The standard InChI is InChI=1S/C15H13FN4/c16-8-11-9-5-7-17-12(9)4-3-10(11)14-19-13-2-1-6-18-15(13)20-14/h1-4,6,17H,5,7-8H2,(H,18,19,20). The zero-order valence-corrected chi connectivity index (χ0v) is 10.8. The van der Waals surface area contributed by atoms with E-state index < -0.39 is 6.67 Å². The summed E-state index contributed by atoms with van der Waals surface area (Å²) >= 11 is 0. The third-order valence-corrected chi connectivity index (χ3v) is 3.77. The normalized spacial score (nSPS) is 13.4. The van der Waals surface area contributed by atoms with E-state index in [4.69, 9.17) is 0 Å². The first-order chi connectivity index (χ1) is 9.86. The highest BCUT2D eigenvalue weighted by Crippen LogP contribution is 2.33. The molecule has 1 aliphatic rings. The van der Waals surface area contributed by atoms with E-state index in [-0.39, 0.29) is 0 Å². The Morgan fingerprint density at radius 1 is 1.25 bits per heavy atom. The number of anilines is 1. The third kappa shape index (κ3) is 1.59. The van der Waals surface area contributed by atoms with E-state index in [1.54, 1.807) is 6.20 Å². The molecule has 0 saturated carbocycles. The molecule has 0 atom stereocenters. The van der Waals surface area contributed by atoms with Crippen molar-refractivity contribution in [3.8, 4) is 11.4 Å². The van der Waals surface area contributed by atoms with Gasteiger partial charge in [-0.1, -0.05) is 0 Å². The Labute approximate surface area is 115 Å². The molecule has 3 aromatic rings. The number of benzene rings is 1. The second-order valence-electron chi connectivity index (χ2n) is 4.89. The molecule has 0 amide bonds. The van der Waals surface area contributed by atoms with Crippen LogP contribution in [0, 0.1) is 0 Å². The van der Waals surface area contributed by atoms with Gasteiger partial charge in [0.1, 0.15) is 12.5 Å². The van der Waals surface area contributed by atoms with Gasteiger partial charge in [-0.15, -0.1) is 0 Å². The fraction of sp³-hybridized carbons (Fsp3) is 0.200. The molecule has 20 heavy (non-hydrogen) atoms. The average molecular weight is 268 g/mol. The quantitative estimate of drug-likeness (QED) is 0.751. The summed E-state index contributed by atoms with van der Waals surface area (Å²) in [4.78, 5) is 11.9. The van der Waals surface area contributed by atoms with E-state index in [0.717, 1.165) is 40.9 Å². The first kappa shape index (κ1) is 11.4. The van der Waals surface area contributed by atoms with Crippen LogP contribution in [0.15, 0.2) is 30.5 Å². The van der Waals surface area contributed by atoms with E-state index in [2.05, 4.69) is 20.3 Å². The summed E-state index contributed by atoms with van der Waals surface area (Å²) in [5, 5.41) is 3.27. The van der Waals surface area contributed by atoms with E-state index in [0.29, 0.717) is 11.5 Å². The number of pyridine rings is 1. The molecule has 2 aromatic heterocycles. The molecule has 5 heteroatoms. The number of alkyl halides is 1. The largest absolute Gasteiger partial charge is 0.384 e. The van der Waals surface area contributed by atoms with Gasteiger partial charge < -0.3 is 10.3 Å². The van der Waals surface area contributed by atoms with Crippen LogP contribution in [0.2, 0.25) is 0 Å². The second kappa shape index (κ2) is 4.30. The molecule has 100 valence electrons. The van der Waals surface area contributed by atoms with Crippen molar-refractivity contribution < 1.29 is 4.39 Å². The van der Waals surface area contributed by atoms with Gasteiger partial charge in [0.25, 0.3) is 0 Å². The number of fused-ring (bicyclic) bond motifs is 2. The minimum atomic E-state index is -0.481. The van der Waals surface area contributed by atoms with Crippen LogP contribution in [0.5, 0.6) is 0 Å². The Hall–Kier alpha value is -2.43. The number of nitrogens with one attached hydrogen (secondary N) is 2. The monoisotopic (exact) mass is 268 g/mol. The predicted octanol–water partition coefficient (Wildman–Crippen LogP) is 3.06. The summed E-state index contributed by atoms with van der Waals surface area (Å²) in [6, 6.07) is 7.69. The van der Waals surface area contributed by atoms with E-state index >= 15 is 0 Å². The van der Waals surface area contributed by atoms with Crippen LogP contribution in [0.1, 0.15) is 11.1 Å². The number of H-pyrrole nitrogens is 1. The van der Waals surface area contributed by atoms with Crippen molar-refractivity contribution in [2.75, 3.05) is 11.9 Å². The van der Waals surface area contributed by atoms with Gasteiger partial charge in [0.2, 0.25) is 0 Å². The minimum Gasteiger partial charge on any atom is -0.384 e. The topological polar surface area (TPSA) is 53.6 Å². The summed E-state index contributed by atoms with van der Waals surface area (Å²) in [6.45, 7) is 0.387. The van der Waals surface area contributed by atoms with Gasteiger partial charge >= 0.3 is 0 Å². The fourth-order valence-corrected chi connectivity index (χ4v) is 2.81. The highest BCUT2D eigenvalue weighted by molar-refractivity contribution is 5.78. The van der Waals surface area contributed by atoms with Crippen molar-refractivity contribution in [1.82, 2.24) is 15.0 Å². The van der Waals surface area contributed by atoms with Gasteiger partial charge in [0.15, 0.2) is 5.65 Å². The summed E-state index contributed by atoms with van der Waals surface area (Å²) in [7, 11) is 0. The third-order valence-electron chi connectivity index (χ3n) is 3.77. The Morgan fingerprint density at radius 3 is 3.05 bits per heavy atom. The van der Waals surface area contributed by atoms with E-state index in [1.807, 2.05) is 24.3 Å². The lowest BCUT2D eigenvalue weighted by Crippen LogP contribution is -1.95. The molecule has 0 bridgehead atoms. The zero-order valence-electron chi connectivity index (χ0n) is 10.8. The van der Waals surface area contributed by atoms with Gasteiger partial charge in [-0.3, -0.25) is 0 Å². The van der Waals surface area contributed by atoms with E-state index in [1.165, 1.54) is 0 Å². The number of rotatable bonds is 2. The van der Waals surface area contributed by atoms with Gasteiger partial charge in [0, 0.05) is 24.0 Å². The molecule has 4 nitrogen and oxygen atoms in total. The summed E-state index contributed by atoms with van der Waals surface area (Å²) in [5.41, 5.74) is 5.19. The smallest absolute Gasteiger partial charge is 0.178 e. The lowest BCUT2D eigenvalue weighted by Gasteiger charge is -2.09. The molecule has 1 aliphatic heterocycles. The Bertz CT molecular complexity index is 761. The van der Waals surface area contributed by atoms with Crippen LogP contribution in [0.25, 0.3) is 22.6 Å². The number of hydrogen-bond acceptors (Lipinski definition) is 3. The molecule has 0 spiro atoms. The number of halogens is 1. The van der Waals surface area contributed by atoms with Crippen LogP contribution in [-0.2, 0) is 13.1 Å². The number of aromatic amines is 1. The van der Waals surface area contributed by atoms with Gasteiger partial charge in [-0.2, -0.15) is 0 Å². The summed E-state index contributed by atoms with van der Waals surface area (Å²) in [5.74, 6) is 0.682. The maximum atomic E-state index is 13.5. The maximum Gasteiger partial charge on any atom is 0.178 e. The fourth-order valence-electron chi connectivity index (χ4n) is 2.81. The zero-order chi connectivity index (χ0) is 13.5. The van der Waals surface area contributed by atoms with Gasteiger partial charge in [-0.05, 0) is 41.8 Å². The molecule has 0 unspecified atom stereocenters. The predicted molar refractivity (Wildman–Crippen MR) is 76.3 cm³/mol. The van der Waals surface area contributed by atoms with Crippen molar-refractivity contribution in [3.05, 3.63) is 41.6 Å². The van der Waals surface area contributed by atoms with Crippen molar-refractivity contribution in [3.63, 3.8) is 0 Å². The molecule has 2 N–H and O–H groups in total. The number of nitrogens with zero attached hydrogens (tertiary/aromatic N) is 2. The first-order valence-electron chi connectivity index (χ1n) is 6.62. The Kier molecular flexibility index (Phi) is 2.45. The van der Waals surface area contributed by atoms with Gasteiger partial charge in [-0.25, -0.2) is 14.4 Å². The Morgan fingerprint density at radius 2 is 2.20 bits per heavy atom. The second-order valence-corrected chi connectivity index (χ2v) is 4.89. The van der Waals surface area contributed by atoms with Crippen molar-refractivity contribution in [2.24, 2.45) is 0 Å². The van der Waals surface area contributed by atoms with Crippen LogP contribution >= 0.6 is 0 Å². The molecule has 3 heterocycles. The SMILES string of the molecule is FCc1c(-c2nc3ncccc3[nH]2)ccc2c1CCN2. The summed E-state index contributed by atoms with van der Waals surface area (Å²) < 4.78 is 13.5. The van der Waals surface area contributed by atoms with Crippen LogP contribution in [0.3, 0.4) is 0 Å². The highest BCUT2D eigenvalue weighted by Gasteiger charge is 2.19. The van der Waals surface area contributed by atoms with Gasteiger partial charge in [0.05, 0.1) is 5.52 Å². The number of imidazole rings is 1. The van der Waals surface area contributed by atoms with Crippen LogP contribution in [-0.4, -0.2) is 21.5 Å². The molecule has 1 aromatic carbocycles.